The highest BCUT2D eigenvalue weighted by Gasteiger charge is 2.47. The predicted molar refractivity (Wildman–Crippen MR) is 80.5 cm³/mol. The summed E-state index contributed by atoms with van der Waals surface area (Å²) in [6.45, 7) is 3.98. The van der Waals surface area contributed by atoms with Gasteiger partial charge < -0.3 is 15.5 Å². The number of aromatic nitrogens is 1. The van der Waals surface area contributed by atoms with Gasteiger partial charge in [-0.25, -0.2) is 9.78 Å². The molecular formula is C16H18N2O3. The minimum absolute atomic E-state index is 0.0221. The number of aliphatic hydroxyl groups is 1. The van der Waals surface area contributed by atoms with Crippen LogP contribution in [0.4, 0.5) is 5.82 Å². The number of hydrogen-bond acceptors (Lipinski definition) is 4. The number of aromatic carboxylic acids is 1. The van der Waals surface area contributed by atoms with Crippen molar-refractivity contribution in [1.29, 1.82) is 0 Å². The number of nitrogens with one attached hydrogen (secondary N) is 1. The highest BCUT2D eigenvalue weighted by molar-refractivity contribution is 5.97. The fourth-order valence-corrected chi connectivity index (χ4v) is 2.73. The molecule has 0 saturated heterocycles. The normalized spacial score (nSPS) is 23.6. The van der Waals surface area contributed by atoms with Crippen LogP contribution in [0.1, 0.15) is 30.8 Å². The Kier molecular flexibility index (Phi) is 3.10. The van der Waals surface area contributed by atoms with Crippen LogP contribution in [0, 0.1) is 5.41 Å². The zero-order valence-corrected chi connectivity index (χ0v) is 12.0. The van der Waals surface area contributed by atoms with E-state index in [-0.39, 0.29) is 23.3 Å². The van der Waals surface area contributed by atoms with Crippen LogP contribution >= 0.6 is 0 Å². The van der Waals surface area contributed by atoms with E-state index in [1.165, 1.54) is 0 Å². The predicted octanol–water partition coefficient (Wildman–Crippen LogP) is 2.50. The van der Waals surface area contributed by atoms with E-state index in [1.54, 1.807) is 6.07 Å². The molecule has 3 rings (SSSR count). The largest absolute Gasteiger partial charge is 0.477 e. The maximum Gasteiger partial charge on any atom is 0.354 e. The first-order valence-corrected chi connectivity index (χ1v) is 6.97. The molecule has 0 amide bonds. The van der Waals surface area contributed by atoms with Crippen LogP contribution in [0.5, 0.6) is 0 Å². The lowest BCUT2D eigenvalue weighted by atomic mass is 9.64. The first-order chi connectivity index (χ1) is 9.89. The molecule has 0 aliphatic heterocycles. The molecule has 2 atom stereocenters. The topological polar surface area (TPSA) is 82.5 Å². The van der Waals surface area contributed by atoms with Crippen molar-refractivity contribution in [2.45, 2.75) is 32.4 Å². The van der Waals surface area contributed by atoms with Crippen LogP contribution < -0.4 is 5.32 Å². The molecule has 1 heterocycles. The molecule has 110 valence electrons. The van der Waals surface area contributed by atoms with Crippen molar-refractivity contribution in [1.82, 2.24) is 4.98 Å². The van der Waals surface area contributed by atoms with Crippen molar-refractivity contribution in [3.05, 3.63) is 36.0 Å². The summed E-state index contributed by atoms with van der Waals surface area (Å²) < 4.78 is 0. The molecule has 0 spiro atoms. The average molecular weight is 286 g/mol. The van der Waals surface area contributed by atoms with Gasteiger partial charge in [0.15, 0.2) is 5.69 Å². The standard InChI is InChI=1S/C16H18N2O3/c1-16(2)12(8-13(16)19)18-14-10-6-4-3-5-9(10)7-11(17-14)15(20)21/h3-7,12-13,19H,8H2,1-2H3,(H,17,18)(H,20,21). The Labute approximate surface area is 122 Å². The summed E-state index contributed by atoms with van der Waals surface area (Å²) in [7, 11) is 0. The minimum Gasteiger partial charge on any atom is -0.477 e. The van der Waals surface area contributed by atoms with Crippen LogP contribution in [-0.4, -0.2) is 33.3 Å². The Morgan fingerprint density at radius 1 is 1.38 bits per heavy atom. The third-order valence-corrected chi connectivity index (χ3v) is 4.49. The van der Waals surface area contributed by atoms with Gasteiger partial charge in [-0.05, 0) is 17.9 Å². The van der Waals surface area contributed by atoms with Gasteiger partial charge in [0.05, 0.1) is 6.10 Å². The fourth-order valence-electron chi connectivity index (χ4n) is 2.73. The van der Waals surface area contributed by atoms with Crippen LogP contribution in [0.3, 0.4) is 0 Å². The van der Waals surface area contributed by atoms with Gasteiger partial charge in [-0.1, -0.05) is 38.1 Å². The van der Waals surface area contributed by atoms with Gasteiger partial charge in [-0.15, -0.1) is 0 Å². The number of hydrogen-bond donors (Lipinski definition) is 3. The van der Waals surface area contributed by atoms with Crippen molar-refractivity contribution in [2.24, 2.45) is 5.41 Å². The molecule has 1 aliphatic rings. The van der Waals surface area contributed by atoms with Crippen molar-refractivity contribution in [2.75, 3.05) is 5.32 Å². The number of carboxylic acid groups (broad SMARTS) is 1. The Hall–Kier alpha value is -2.14. The van der Waals surface area contributed by atoms with E-state index in [0.717, 1.165) is 10.8 Å². The average Bonchev–Trinajstić information content (AvgIpc) is 2.46. The zero-order chi connectivity index (χ0) is 15.2. The van der Waals surface area contributed by atoms with Crippen LogP contribution in [-0.2, 0) is 0 Å². The molecule has 2 aromatic rings. The van der Waals surface area contributed by atoms with Gasteiger partial charge in [0.2, 0.25) is 0 Å². The van der Waals surface area contributed by atoms with Crippen molar-refractivity contribution >= 4 is 22.6 Å². The lowest BCUT2D eigenvalue weighted by Crippen LogP contribution is -2.57. The number of benzene rings is 1. The Balaban J connectivity index is 2.03. The number of anilines is 1. The molecule has 1 aromatic heterocycles. The number of rotatable bonds is 3. The lowest BCUT2D eigenvalue weighted by molar-refractivity contribution is -0.0511. The molecule has 1 saturated carbocycles. The van der Waals surface area contributed by atoms with E-state index in [0.29, 0.717) is 12.2 Å². The molecule has 5 nitrogen and oxygen atoms in total. The third kappa shape index (κ3) is 2.23. The summed E-state index contributed by atoms with van der Waals surface area (Å²) >= 11 is 0. The summed E-state index contributed by atoms with van der Waals surface area (Å²) in [5, 5.41) is 24.0. The third-order valence-electron chi connectivity index (χ3n) is 4.49. The summed E-state index contributed by atoms with van der Waals surface area (Å²) in [6, 6.07) is 9.20. The highest BCUT2D eigenvalue weighted by atomic mass is 16.4. The molecule has 5 heteroatoms. The molecule has 1 fully saturated rings. The summed E-state index contributed by atoms with van der Waals surface area (Å²) in [6.07, 6.45) is 0.296. The Morgan fingerprint density at radius 2 is 2.10 bits per heavy atom. The maximum absolute atomic E-state index is 11.2. The van der Waals surface area contributed by atoms with Gasteiger partial charge in [0, 0.05) is 16.8 Å². The van der Waals surface area contributed by atoms with E-state index < -0.39 is 5.97 Å². The molecule has 2 unspecified atom stereocenters. The van der Waals surface area contributed by atoms with E-state index in [9.17, 15) is 15.0 Å². The van der Waals surface area contributed by atoms with Crippen LogP contribution in [0.15, 0.2) is 30.3 Å². The second-order valence-electron chi connectivity index (χ2n) is 6.15. The molecule has 3 N–H and O–H groups in total. The first kappa shape index (κ1) is 13.8. The zero-order valence-electron chi connectivity index (χ0n) is 12.0. The van der Waals surface area contributed by atoms with Crippen LogP contribution in [0.25, 0.3) is 10.8 Å². The number of nitrogens with zero attached hydrogens (tertiary/aromatic N) is 1. The van der Waals surface area contributed by atoms with E-state index in [4.69, 9.17) is 0 Å². The van der Waals surface area contributed by atoms with Gasteiger partial charge >= 0.3 is 5.97 Å². The Morgan fingerprint density at radius 3 is 2.71 bits per heavy atom. The summed E-state index contributed by atoms with van der Waals surface area (Å²) in [4.78, 5) is 15.4. The van der Waals surface area contributed by atoms with E-state index in [1.807, 2.05) is 38.1 Å². The number of pyridine rings is 1. The van der Waals surface area contributed by atoms with Crippen molar-refractivity contribution in [3.63, 3.8) is 0 Å². The molecule has 1 aliphatic carbocycles. The van der Waals surface area contributed by atoms with Crippen molar-refractivity contribution in [3.8, 4) is 0 Å². The SMILES string of the molecule is CC1(C)C(O)CC1Nc1nc(C(=O)O)cc2ccccc12. The highest BCUT2D eigenvalue weighted by Crippen LogP contribution is 2.42. The fraction of sp³-hybridized carbons (Fsp3) is 0.375. The Bertz CT molecular complexity index is 712. The smallest absolute Gasteiger partial charge is 0.354 e. The van der Waals surface area contributed by atoms with Gasteiger partial charge in [0.1, 0.15) is 5.82 Å². The van der Waals surface area contributed by atoms with Crippen molar-refractivity contribution < 1.29 is 15.0 Å². The van der Waals surface area contributed by atoms with Gasteiger partial charge in [-0.3, -0.25) is 0 Å². The molecule has 1 aromatic carbocycles. The molecular weight excluding hydrogens is 268 g/mol. The maximum atomic E-state index is 11.2. The summed E-state index contributed by atoms with van der Waals surface area (Å²) in [5.41, 5.74) is -0.226. The van der Waals surface area contributed by atoms with Gasteiger partial charge in [0.25, 0.3) is 0 Å². The van der Waals surface area contributed by atoms with E-state index >= 15 is 0 Å². The van der Waals surface area contributed by atoms with Gasteiger partial charge in [-0.2, -0.15) is 0 Å². The minimum atomic E-state index is -1.04. The number of carbonyl (C=O) groups is 1. The molecule has 0 bridgehead atoms. The quantitative estimate of drug-likeness (QED) is 0.807. The molecule has 0 radical (unpaired) electrons. The van der Waals surface area contributed by atoms with E-state index in [2.05, 4.69) is 10.3 Å². The number of carboxylic acids is 1. The molecule has 21 heavy (non-hydrogen) atoms. The number of aliphatic hydroxyl groups excluding tert-OH is 1. The monoisotopic (exact) mass is 286 g/mol. The number of fused-ring (bicyclic) bond motifs is 1. The van der Waals surface area contributed by atoms with Crippen LogP contribution in [0.2, 0.25) is 0 Å². The first-order valence-electron chi connectivity index (χ1n) is 6.97. The second kappa shape index (κ2) is 4.70. The summed E-state index contributed by atoms with van der Waals surface area (Å²) in [5.74, 6) is -0.479. The second-order valence-corrected chi connectivity index (χ2v) is 6.15. The lowest BCUT2D eigenvalue weighted by Gasteiger charge is -2.49.